The Morgan fingerprint density at radius 2 is 2.47 bits per heavy atom. The van der Waals surface area contributed by atoms with E-state index in [4.69, 9.17) is 0 Å². The predicted molar refractivity (Wildman–Crippen MR) is 76.6 cm³/mol. The van der Waals surface area contributed by atoms with Crippen LogP contribution in [0.15, 0.2) is 23.0 Å². The van der Waals surface area contributed by atoms with Crippen molar-refractivity contribution >= 4 is 28.6 Å². The lowest BCUT2D eigenvalue weighted by atomic mass is 10.2. The predicted octanol–water partition coefficient (Wildman–Crippen LogP) is 2.47. The van der Waals surface area contributed by atoms with Gasteiger partial charge >= 0.3 is 0 Å². The van der Waals surface area contributed by atoms with Crippen LogP contribution in [0.1, 0.15) is 22.5 Å². The zero-order valence-corrected chi connectivity index (χ0v) is 11.9. The first-order valence-corrected chi connectivity index (χ1v) is 7.96. The van der Waals surface area contributed by atoms with Crippen molar-refractivity contribution in [1.82, 2.24) is 9.88 Å². The molecule has 6 heteroatoms. The van der Waals surface area contributed by atoms with Crippen LogP contribution in [0.5, 0.6) is 0 Å². The Kier molecular flexibility index (Phi) is 3.63. The smallest absolute Gasteiger partial charge is 0.265 e. The number of likely N-dealkylation sites (tertiary alicyclic amines) is 1. The molecule has 0 spiro atoms. The van der Waals surface area contributed by atoms with Crippen LogP contribution in [0.25, 0.3) is 10.6 Å². The summed E-state index contributed by atoms with van der Waals surface area (Å²) in [4.78, 5) is 19.1. The number of carbonyl (C=O) groups is 1. The molecule has 0 aromatic carbocycles. The Hall–Kier alpha value is -1.24. The van der Waals surface area contributed by atoms with Crippen LogP contribution in [-0.2, 0) is 0 Å². The second kappa shape index (κ2) is 5.40. The van der Waals surface area contributed by atoms with Gasteiger partial charge in [-0.05, 0) is 24.3 Å². The maximum Gasteiger partial charge on any atom is 0.265 e. The molecule has 1 saturated heterocycles. The molecule has 1 N–H and O–H groups in total. The van der Waals surface area contributed by atoms with Gasteiger partial charge in [-0.2, -0.15) is 11.3 Å². The van der Waals surface area contributed by atoms with Crippen LogP contribution in [-0.4, -0.2) is 40.1 Å². The maximum atomic E-state index is 12.4. The van der Waals surface area contributed by atoms with E-state index < -0.39 is 0 Å². The summed E-state index contributed by atoms with van der Waals surface area (Å²) in [6, 6.07) is 1.98. The molecular weight excluding hydrogens is 280 g/mol. The molecule has 0 bridgehead atoms. The molecule has 0 unspecified atom stereocenters. The van der Waals surface area contributed by atoms with Crippen LogP contribution in [0.3, 0.4) is 0 Å². The summed E-state index contributed by atoms with van der Waals surface area (Å²) in [5.74, 6) is -0.00414. The van der Waals surface area contributed by atoms with Crippen molar-refractivity contribution in [2.24, 2.45) is 0 Å². The molecule has 1 fully saturated rings. The van der Waals surface area contributed by atoms with E-state index in [9.17, 15) is 9.90 Å². The third kappa shape index (κ3) is 2.43. The molecule has 0 aliphatic carbocycles. The molecule has 0 saturated carbocycles. The monoisotopic (exact) mass is 294 g/mol. The largest absolute Gasteiger partial charge is 0.394 e. The molecule has 0 radical (unpaired) electrons. The number of thiophene rings is 1. The number of aromatic nitrogens is 1. The lowest BCUT2D eigenvalue weighted by molar-refractivity contribution is 0.0682. The number of carbonyl (C=O) groups excluding carboxylic acids is 1. The van der Waals surface area contributed by atoms with E-state index in [1.807, 2.05) is 16.8 Å². The second-order valence-corrected chi connectivity index (χ2v) is 6.33. The zero-order chi connectivity index (χ0) is 13.2. The first-order chi connectivity index (χ1) is 9.29. The van der Waals surface area contributed by atoms with Gasteiger partial charge in [-0.15, -0.1) is 11.3 Å². The van der Waals surface area contributed by atoms with Crippen molar-refractivity contribution < 1.29 is 9.90 Å². The number of hydrogen-bond donors (Lipinski definition) is 1. The third-order valence-electron chi connectivity index (χ3n) is 3.33. The first kappa shape index (κ1) is 12.8. The zero-order valence-electron chi connectivity index (χ0n) is 10.3. The summed E-state index contributed by atoms with van der Waals surface area (Å²) in [5, 5.41) is 14.2. The van der Waals surface area contributed by atoms with E-state index in [-0.39, 0.29) is 18.6 Å². The number of nitrogens with zero attached hydrogens (tertiary/aromatic N) is 2. The van der Waals surface area contributed by atoms with Crippen LogP contribution < -0.4 is 0 Å². The molecule has 19 heavy (non-hydrogen) atoms. The van der Waals surface area contributed by atoms with Gasteiger partial charge in [-0.1, -0.05) is 0 Å². The number of hydrogen-bond acceptors (Lipinski definition) is 5. The van der Waals surface area contributed by atoms with E-state index >= 15 is 0 Å². The van der Waals surface area contributed by atoms with Gasteiger partial charge in [0.2, 0.25) is 0 Å². The van der Waals surface area contributed by atoms with Crippen LogP contribution >= 0.6 is 22.7 Å². The lowest BCUT2D eigenvalue weighted by Crippen LogP contribution is -2.37. The fraction of sp³-hybridized carbons (Fsp3) is 0.385. The molecule has 4 nitrogen and oxygen atoms in total. The number of aliphatic hydroxyl groups excluding tert-OH is 1. The SMILES string of the molecule is O=C(c1cnc(-c2ccsc2)s1)N1CCC[C@H]1CO. The van der Waals surface area contributed by atoms with Crippen molar-refractivity contribution in [3.8, 4) is 10.6 Å². The van der Waals surface area contributed by atoms with Crippen molar-refractivity contribution in [2.75, 3.05) is 13.2 Å². The van der Waals surface area contributed by atoms with Gasteiger partial charge < -0.3 is 10.0 Å². The van der Waals surface area contributed by atoms with E-state index in [0.29, 0.717) is 4.88 Å². The minimum absolute atomic E-state index is 0.00414. The van der Waals surface area contributed by atoms with Crippen LogP contribution in [0, 0.1) is 0 Å². The highest BCUT2D eigenvalue weighted by atomic mass is 32.1. The summed E-state index contributed by atoms with van der Waals surface area (Å²) < 4.78 is 0. The summed E-state index contributed by atoms with van der Waals surface area (Å²) in [7, 11) is 0. The van der Waals surface area contributed by atoms with E-state index in [1.54, 1.807) is 22.4 Å². The molecule has 1 aliphatic rings. The highest BCUT2D eigenvalue weighted by Gasteiger charge is 2.29. The molecule has 1 aliphatic heterocycles. The number of rotatable bonds is 3. The molecule has 3 rings (SSSR count). The van der Waals surface area contributed by atoms with E-state index in [2.05, 4.69) is 4.98 Å². The average molecular weight is 294 g/mol. The topological polar surface area (TPSA) is 53.4 Å². The maximum absolute atomic E-state index is 12.4. The lowest BCUT2D eigenvalue weighted by Gasteiger charge is -2.21. The summed E-state index contributed by atoms with van der Waals surface area (Å²) in [6.45, 7) is 0.775. The Bertz CT molecular complexity index is 565. The quantitative estimate of drug-likeness (QED) is 0.946. The Morgan fingerprint density at radius 3 is 3.21 bits per heavy atom. The minimum atomic E-state index is -0.0285. The molecular formula is C13H14N2O2S2. The summed E-state index contributed by atoms with van der Waals surface area (Å²) >= 11 is 3.04. The van der Waals surface area contributed by atoms with Crippen LogP contribution in [0.4, 0.5) is 0 Å². The molecule has 2 aromatic rings. The fourth-order valence-corrected chi connectivity index (χ4v) is 3.91. The standard InChI is InChI=1S/C13H14N2O2S2/c16-7-10-2-1-4-15(10)13(17)11-6-14-12(19-11)9-3-5-18-8-9/h3,5-6,8,10,16H,1-2,4,7H2/t10-/m0/s1. The molecule has 3 heterocycles. The highest BCUT2D eigenvalue weighted by Crippen LogP contribution is 2.29. The Labute approximate surface area is 119 Å². The molecule has 100 valence electrons. The summed E-state index contributed by atoms with van der Waals surface area (Å²) in [5.41, 5.74) is 1.06. The van der Waals surface area contributed by atoms with Crippen LogP contribution in [0.2, 0.25) is 0 Å². The van der Waals surface area contributed by atoms with Gasteiger partial charge in [0.25, 0.3) is 5.91 Å². The number of amides is 1. The van der Waals surface area contributed by atoms with Gasteiger partial charge in [0.15, 0.2) is 0 Å². The van der Waals surface area contributed by atoms with Crippen molar-refractivity contribution in [2.45, 2.75) is 18.9 Å². The second-order valence-electron chi connectivity index (χ2n) is 4.52. The van der Waals surface area contributed by atoms with Gasteiger partial charge in [-0.3, -0.25) is 4.79 Å². The molecule has 2 aromatic heterocycles. The Balaban J connectivity index is 1.81. The van der Waals surface area contributed by atoms with E-state index in [0.717, 1.165) is 30.0 Å². The average Bonchev–Trinajstić information content (AvgIpc) is 3.16. The van der Waals surface area contributed by atoms with Gasteiger partial charge in [-0.25, -0.2) is 4.98 Å². The van der Waals surface area contributed by atoms with Crippen molar-refractivity contribution in [3.63, 3.8) is 0 Å². The third-order valence-corrected chi connectivity index (χ3v) is 5.05. The fourth-order valence-electron chi connectivity index (χ4n) is 2.33. The molecule has 1 amide bonds. The number of thiazole rings is 1. The van der Waals surface area contributed by atoms with Gasteiger partial charge in [0, 0.05) is 17.5 Å². The Morgan fingerprint density at radius 1 is 1.58 bits per heavy atom. The van der Waals surface area contributed by atoms with Gasteiger partial charge in [0.05, 0.1) is 18.8 Å². The van der Waals surface area contributed by atoms with Crippen molar-refractivity contribution in [1.29, 1.82) is 0 Å². The first-order valence-electron chi connectivity index (χ1n) is 6.20. The summed E-state index contributed by atoms with van der Waals surface area (Å²) in [6.07, 6.45) is 3.50. The highest BCUT2D eigenvalue weighted by molar-refractivity contribution is 7.17. The van der Waals surface area contributed by atoms with Crippen molar-refractivity contribution in [3.05, 3.63) is 27.9 Å². The normalized spacial score (nSPS) is 19.0. The number of aliphatic hydroxyl groups is 1. The minimum Gasteiger partial charge on any atom is -0.394 e. The van der Waals surface area contributed by atoms with Gasteiger partial charge in [0.1, 0.15) is 9.88 Å². The van der Waals surface area contributed by atoms with E-state index in [1.165, 1.54) is 11.3 Å². The molecule has 1 atom stereocenters.